The van der Waals surface area contributed by atoms with Gasteiger partial charge in [-0.3, -0.25) is 4.79 Å². The van der Waals surface area contributed by atoms with Crippen LogP contribution < -0.4 is 11.1 Å². The molecule has 0 spiro atoms. The van der Waals surface area contributed by atoms with Crippen molar-refractivity contribution < 1.29 is 43.8 Å². The van der Waals surface area contributed by atoms with E-state index in [1.165, 1.54) is 25.6 Å². The Hall–Kier alpha value is -1.36. The number of oxime groups is 1. The molecule has 3 heterocycles. The van der Waals surface area contributed by atoms with E-state index in [4.69, 9.17) is 20.4 Å². The Bertz CT molecular complexity index is 1130. The number of β-lactam (4-membered cyclic amide) rings is 1. The zero-order chi connectivity index (χ0) is 25.2. The third-order valence-electron chi connectivity index (χ3n) is 4.62. The van der Waals surface area contributed by atoms with E-state index >= 15 is 0 Å². The van der Waals surface area contributed by atoms with Crippen LogP contribution in [0.4, 0.5) is 4.69 Å². The molecule has 3 atom stereocenters. The minimum absolute atomic E-state index is 0. The summed E-state index contributed by atoms with van der Waals surface area (Å²) in [6.07, 6.45) is -1.36. The number of aromatic nitrogens is 1. The average molecular weight is 608 g/mol. The standard InChI is InChI=1S/C18H19N5O9SSe.2Na.2H/c1-6(16(27)28)32-22-10(9-5-34-18(19)20-9)13(25)21-11-14(26)23-12(17(29)30)8(3-31-7(2)24)4-33-15(11)23;;;;/h5-6,11,15H,3-4H2,1-2H3,(H2,19,20)(H,21,25)(H,27,28)(H,29,30);;;;/b22-10-;;;;/t6?,11-,15-;;;;/m1..../s1. The number of esters is 1. The molecule has 14 nitrogen and oxygen atoms in total. The number of nitrogen functional groups attached to an aromatic ring is 1. The summed E-state index contributed by atoms with van der Waals surface area (Å²) in [5, 5.41) is 23.9. The molecule has 0 bridgehead atoms. The fraction of sp³-hybridized carbons (Fsp3) is 0.389. The molecule has 0 saturated carbocycles. The first kappa shape index (κ1) is 32.7. The Morgan fingerprint density at radius 1 is 1.36 bits per heavy atom. The van der Waals surface area contributed by atoms with Gasteiger partial charge in [-0.25, -0.2) is 0 Å². The van der Waals surface area contributed by atoms with Gasteiger partial charge in [0.25, 0.3) is 0 Å². The summed E-state index contributed by atoms with van der Waals surface area (Å²) in [6.45, 7) is 2.12. The average Bonchev–Trinajstić information content (AvgIpc) is 3.20. The number of thioether (sulfide) groups is 1. The maximum atomic E-state index is 12.9. The van der Waals surface area contributed by atoms with Crippen LogP contribution >= 0.6 is 11.8 Å². The molecule has 36 heavy (non-hydrogen) atoms. The first-order valence-corrected chi connectivity index (χ1v) is 12.4. The van der Waals surface area contributed by atoms with E-state index in [1.54, 1.807) is 4.94 Å². The number of rotatable bonds is 9. The number of anilines is 1. The Kier molecular flexibility index (Phi) is 12.7. The van der Waals surface area contributed by atoms with Gasteiger partial charge in [-0.1, -0.05) is 0 Å². The van der Waals surface area contributed by atoms with E-state index in [1.807, 2.05) is 0 Å². The van der Waals surface area contributed by atoms with Crippen LogP contribution in [0.1, 0.15) is 19.5 Å². The van der Waals surface area contributed by atoms with E-state index in [2.05, 4.69) is 15.5 Å². The normalized spacial score (nSPS) is 19.6. The van der Waals surface area contributed by atoms with E-state index in [-0.39, 0.29) is 113 Å². The van der Waals surface area contributed by atoms with Crippen molar-refractivity contribution in [3.63, 3.8) is 0 Å². The number of carbonyl (C=O) groups is 5. The number of amides is 2. The van der Waals surface area contributed by atoms with Crippen molar-refractivity contribution in [1.82, 2.24) is 15.2 Å². The third-order valence-corrected chi connectivity index (χ3v) is 7.37. The van der Waals surface area contributed by atoms with Crippen molar-refractivity contribution in [2.24, 2.45) is 5.16 Å². The number of nitrogens with one attached hydrogen (secondary N) is 1. The van der Waals surface area contributed by atoms with Gasteiger partial charge in [0.15, 0.2) is 0 Å². The summed E-state index contributed by atoms with van der Waals surface area (Å²) in [7, 11) is 0. The number of ether oxygens (including phenoxy) is 1. The number of hydrogen-bond donors (Lipinski definition) is 4. The number of carboxylic acids is 2. The Labute approximate surface area is 258 Å². The molecule has 2 aliphatic heterocycles. The Morgan fingerprint density at radius 3 is 2.56 bits per heavy atom. The molecular formula is C18H21N5Na2O9SSe. The fourth-order valence-electron chi connectivity index (χ4n) is 2.97. The second kappa shape index (κ2) is 14.0. The summed E-state index contributed by atoms with van der Waals surface area (Å²) >= 11 is 0.848. The zero-order valence-electron chi connectivity index (χ0n) is 17.7. The minimum atomic E-state index is -1.37. The number of nitrogens with two attached hydrogens (primary N) is 1. The van der Waals surface area contributed by atoms with Gasteiger partial charge in [0.05, 0.1) is 0 Å². The van der Waals surface area contributed by atoms with Crippen molar-refractivity contribution >= 4 is 126 Å². The quantitative estimate of drug-likeness (QED) is 0.0723. The number of hydrogen-bond acceptors (Lipinski definition) is 11. The van der Waals surface area contributed by atoms with Crippen LogP contribution in [0.3, 0.4) is 0 Å². The number of nitrogens with zero attached hydrogens (tertiary/aromatic N) is 3. The summed E-state index contributed by atoms with van der Waals surface area (Å²) in [6, 6.07) is -1.09. The number of carboxylic acid groups (broad SMARTS) is 2. The van der Waals surface area contributed by atoms with Crippen molar-refractivity contribution in [1.29, 1.82) is 0 Å². The van der Waals surface area contributed by atoms with Gasteiger partial charge in [-0.15, -0.1) is 0 Å². The number of carbonyl (C=O) groups excluding carboxylic acids is 3. The topological polar surface area (TPSA) is 211 Å². The number of aliphatic carboxylic acids is 2. The molecule has 2 aliphatic rings. The molecule has 1 aromatic rings. The summed E-state index contributed by atoms with van der Waals surface area (Å²) < 4.78 is 5.14. The summed E-state index contributed by atoms with van der Waals surface area (Å²) in [5.74, 6) is -4.67. The Balaban J connectivity index is 0.00000324. The second-order valence-corrected chi connectivity index (χ2v) is 9.97. The van der Waals surface area contributed by atoms with Crippen LogP contribution in [0.25, 0.3) is 0 Å². The molecular weight excluding hydrogens is 587 g/mol. The second-order valence-electron chi connectivity index (χ2n) is 7.00. The van der Waals surface area contributed by atoms with Crippen LogP contribution in [-0.4, -0.2) is 159 Å². The van der Waals surface area contributed by atoms with E-state index in [0.29, 0.717) is 0 Å². The SMILES string of the molecule is CC(=O)OCC1=C(C(=O)O)N2C(=O)[C@@H](NC(=O)/C(=N\OC(C)C(=O)O)c3c[se]c(N)n3)[C@H]2SC1.[NaH].[NaH]. The van der Waals surface area contributed by atoms with Crippen LogP contribution in [0.2, 0.25) is 0 Å². The molecule has 1 fully saturated rings. The van der Waals surface area contributed by atoms with Gasteiger partial charge in [0.1, 0.15) is 0 Å². The fourth-order valence-corrected chi connectivity index (χ4v) is 5.45. The van der Waals surface area contributed by atoms with Gasteiger partial charge in [-0.05, 0) is 0 Å². The molecule has 1 saturated heterocycles. The third kappa shape index (κ3) is 7.36. The molecule has 5 N–H and O–H groups in total. The molecule has 3 rings (SSSR count). The molecule has 2 amide bonds. The van der Waals surface area contributed by atoms with Gasteiger partial charge in [-0.2, -0.15) is 0 Å². The van der Waals surface area contributed by atoms with Crippen LogP contribution in [0, 0.1) is 0 Å². The molecule has 0 aromatic carbocycles. The van der Waals surface area contributed by atoms with Crippen LogP contribution in [0.5, 0.6) is 0 Å². The molecule has 1 unspecified atom stereocenters. The summed E-state index contributed by atoms with van der Waals surface area (Å²) in [5.41, 5.74) is 5.32. The summed E-state index contributed by atoms with van der Waals surface area (Å²) in [4.78, 5) is 71.0. The first-order valence-electron chi connectivity index (χ1n) is 9.53. The van der Waals surface area contributed by atoms with Gasteiger partial charge in [0, 0.05) is 6.92 Å². The molecule has 186 valence electrons. The van der Waals surface area contributed by atoms with Crippen LogP contribution in [-0.2, 0) is 33.5 Å². The molecule has 0 aliphatic carbocycles. The van der Waals surface area contributed by atoms with E-state index in [0.717, 1.165) is 4.90 Å². The van der Waals surface area contributed by atoms with E-state index < -0.39 is 47.2 Å². The molecule has 0 radical (unpaired) electrons. The zero-order valence-corrected chi connectivity index (χ0v) is 20.2. The van der Waals surface area contributed by atoms with Gasteiger partial charge in [0.2, 0.25) is 0 Å². The van der Waals surface area contributed by atoms with E-state index in [9.17, 15) is 29.1 Å². The Morgan fingerprint density at radius 2 is 2.03 bits per heavy atom. The predicted octanol–water partition coefficient (Wildman–Crippen LogP) is -3.08. The van der Waals surface area contributed by atoms with Gasteiger partial charge >= 0.3 is 249 Å². The first-order chi connectivity index (χ1) is 16.0. The molecule has 1 aromatic heterocycles. The van der Waals surface area contributed by atoms with Crippen molar-refractivity contribution in [3.05, 3.63) is 21.9 Å². The maximum absolute atomic E-state index is 12.9. The van der Waals surface area contributed by atoms with Crippen molar-refractivity contribution in [2.45, 2.75) is 31.4 Å². The van der Waals surface area contributed by atoms with Crippen LogP contribution in [0.15, 0.2) is 21.4 Å². The van der Waals surface area contributed by atoms with Crippen molar-refractivity contribution in [2.75, 3.05) is 18.1 Å². The number of fused-ring (bicyclic) bond motifs is 1. The van der Waals surface area contributed by atoms with Crippen molar-refractivity contribution in [3.8, 4) is 0 Å². The molecule has 18 heteroatoms. The predicted molar refractivity (Wildman–Crippen MR) is 131 cm³/mol. The monoisotopic (exact) mass is 609 g/mol. The van der Waals surface area contributed by atoms with Gasteiger partial charge < -0.3 is 0 Å².